The molecule has 1 fully saturated rings. The molecule has 1 heterocycles. The number of halogens is 2. The Morgan fingerprint density at radius 1 is 0.920 bits per heavy atom. The minimum atomic E-state index is -3.74. The van der Waals surface area contributed by atoms with Crippen molar-refractivity contribution in [3.05, 3.63) is 65.7 Å². The van der Waals surface area contributed by atoms with Crippen LogP contribution < -0.4 is 4.72 Å². The highest BCUT2D eigenvalue weighted by molar-refractivity contribution is 7.89. The lowest BCUT2D eigenvalue weighted by molar-refractivity contribution is 0.246. The van der Waals surface area contributed by atoms with Gasteiger partial charge in [-0.05, 0) is 67.9 Å². The Morgan fingerprint density at radius 2 is 1.44 bits per heavy atom. The van der Waals surface area contributed by atoms with E-state index in [1.165, 1.54) is 24.3 Å². The zero-order valence-electron chi connectivity index (χ0n) is 13.7. The molecule has 1 saturated heterocycles. The van der Waals surface area contributed by atoms with Crippen LogP contribution in [0.4, 0.5) is 8.78 Å². The van der Waals surface area contributed by atoms with E-state index in [-0.39, 0.29) is 23.3 Å². The van der Waals surface area contributed by atoms with Gasteiger partial charge in [-0.25, -0.2) is 21.9 Å². The van der Waals surface area contributed by atoms with Crippen LogP contribution in [0.25, 0.3) is 0 Å². The lowest BCUT2D eigenvalue weighted by Crippen LogP contribution is -2.36. The molecule has 0 amide bonds. The highest BCUT2D eigenvalue weighted by Crippen LogP contribution is 2.25. The average Bonchev–Trinajstić information content (AvgIpc) is 3.11. The minimum Gasteiger partial charge on any atom is -0.295 e. The summed E-state index contributed by atoms with van der Waals surface area (Å²) >= 11 is 0. The van der Waals surface area contributed by atoms with Crippen molar-refractivity contribution >= 4 is 10.0 Å². The van der Waals surface area contributed by atoms with Crippen molar-refractivity contribution in [2.24, 2.45) is 0 Å². The summed E-state index contributed by atoms with van der Waals surface area (Å²) in [5.74, 6) is -0.809. The molecule has 0 aliphatic carbocycles. The zero-order chi connectivity index (χ0) is 17.9. The predicted molar refractivity (Wildman–Crippen MR) is 91.5 cm³/mol. The molecule has 2 aromatic carbocycles. The van der Waals surface area contributed by atoms with Crippen LogP contribution in [-0.2, 0) is 10.0 Å². The molecule has 1 atom stereocenters. The first-order chi connectivity index (χ1) is 12.0. The van der Waals surface area contributed by atoms with Gasteiger partial charge in [-0.3, -0.25) is 4.90 Å². The molecule has 134 valence electrons. The van der Waals surface area contributed by atoms with Crippen LogP contribution in [0.5, 0.6) is 0 Å². The van der Waals surface area contributed by atoms with Crippen molar-refractivity contribution in [2.75, 3.05) is 19.6 Å². The van der Waals surface area contributed by atoms with Gasteiger partial charge in [0.25, 0.3) is 0 Å². The quantitative estimate of drug-likeness (QED) is 0.855. The third kappa shape index (κ3) is 4.42. The number of likely N-dealkylation sites (tertiary alicyclic amines) is 1. The van der Waals surface area contributed by atoms with Crippen molar-refractivity contribution in [3.8, 4) is 0 Å². The van der Waals surface area contributed by atoms with Crippen LogP contribution in [-0.4, -0.2) is 33.0 Å². The Kier molecular flexibility index (Phi) is 5.46. The summed E-state index contributed by atoms with van der Waals surface area (Å²) in [7, 11) is -3.74. The maximum absolute atomic E-state index is 13.2. The molecule has 0 bridgehead atoms. The van der Waals surface area contributed by atoms with Gasteiger partial charge in [0, 0.05) is 12.6 Å². The van der Waals surface area contributed by atoms with Gasteiger partial charge in [0.2, 0.25) is 10.0 Å². The fourth-order valence-corrected chi connectivity index (χ4v) is 4.12. The van der Waals surface area contributed by atoms with Gasteiger partial charge in [-0.2, -0.15) is 0 Å². The first-order valence-corrected chi connectivity index (χ1v) is 9.69. The third-order valence-corrected chi connectivity index (χ3v) is 5.87. The molecule has 0 spiro atoms. The number of nitrogens with zero attached hydrogens (tertiary/aromatic N) is 1. The molecule has 0 aromatic heterocycles. The van der Waals surface area contributed by atoms with Crippen LogP contribution in [0, 0.1) is 11.6 Å². The lowest BCUT2D eigenvalue weighted by Gasteiger charge is -2.28. The van der Waals surface area contributed by atoms with Gasteiger partial charge in [-0.15, -0.1) is 0 Å². The van der Waals surface area contributed by atoms with E-state index in [9.17, 15) is 17.2 Å². The number of nitrogens with one attached hydrogen (secondary N) is 1. The predicted octanol–water partition coefficient (Wildman–Crippen LogP) is 3.08. The normalized spacial score (nSPS) is 16.9. The van der Waals surface area contributed by atoms with Crippen molar-refractivity contribution in [3.63, 3.8) is 0 Å². The topological polar surface area (TPSA) is 49.4 Å². The lowest BCUT2D eigenvalue weighted by atomic mass is 10.1. The number of hydrogen-bond acceptors (Lipinski definition) is 3. The van der Waals surface area contributed by atoms with Gasteiger partial charge in [0.15, 0.2) is 0 Å². The molecule has 1 aliphatic heterocycles. The number of benzene rings is 2. The second kappa shape index (κ2) is 7.59. The number of hydrogen-bond donors (Lipinski definition) is 1. The molecule has 3 rings (SSSR count). The first kappa shape index (κ1) is 18.0. The van der Waals surface area contributed by atoms with Crippen LogP contribution in [0.1, 0.15) is 24.4 Å². The van der Waals surface area contributed by atoms with E-state index >= 15 is 0 Å². The average molecular weight is 366 g/mol. The monoisotopic (exact) mass is 366 g/mol. The van der Waals surface area contributed by atoms with Crippen molar-refractivity contribution in [2.45, 2.75) is 23.8 Å². The van der Waals surface area contributed by atoms with E-state index in [0.717, 1.165) is 43.6 Å². The highest BCUT2D eigenvalue weighted by Gasteiger charge is 2.25. The molecule has 1 N–H and O–H groups in total. The molecule has 0 radical (unpaired) electrons. The van der Waals surface area contributed by atoms with E-state index in [1.807, 2.05) is 0 Å². The first-order valence-electron chi connectivity index (χ1n) is 8.20. The van der Waals surface area contributed by atoms with E-state index in [2.05, 4.69) is 9.62 Å². The van der Waals surface area contributed by atoms with Gasteiger partial charge in [0.05, 0.1) is 4.90 Å². The minimum absolute atomic E-state index is 0.0215. The largest absolute Gasteiger partial charge is 0.295 e. The van der Waals surface area contributed by atoms with Crippen molar-refractivity contribution in [1.82, 2.24) is 9.62 Å². The Balaban J connectivity index is 1.78. The zero-order valence-corrected chi connectivity index (χ0v) is 14.5. The maximum atomic E-state index is 13.2. The highest BCUT2D eigenvalue weighted by atomic mass is 32.2. The summed E-state index contributed by atoms with van der Waals surface area (Å²) < 4.78 is 53.7. The van der Waals surface area contributed by atoms with Crippen LogP contribution in [0.2, 0.25) is 0 Å². The Bertz CT molecular complexity index is 802. The third-order valence-electron chi connectivity index (χ3n) is 4.43. The maximum Gasteiger partial charge on any atom is 0.240 e. The number of rotatable bonds is 6. The Labute approximate surface area is 146 Å². The Hall–Kier alpha value is -1.83. The Morgan fingerprint density at radius 3 is 2.00 bits per heavy atom. The van der Waals surface area contributed by atoms with Crippen LogP contribution >= 0.6 is 0 Å². The van der Waals surface area contributed by atoms with E-state index in [1.54, 1.807) is 12.1 Å². The second-order valence-corrected chi connectivity index (χ2v) is 7.88. The standard InChI is InChI=1S/C18H20F2N2O2S/c19-15-5-3-14(4-6-15)18(22-11-1-2-12-22)13-21-25(23,24)17-9-7-16(20)8-10-17/h3-10,18,21H,1-2,11-13H2. The van der Waals surface area contributed by atoms with Crippen LogP contribution in [0.15, 0.2) is 53.4 Å². The molecule has 25 heavy (non-hydrogen) atoms. The summed E-state index contributed by atoms with van der Waals surface area (Å²) in [6.45, 7) is 1.92. The second-order valence-electron chi connectivity index (χ2n) is 6.12. The smallest absolute Gasteiger partial charge is 0.240 e. The molecule has 0 saturated carbocycles. The van der Waals surface area contributed by atoms with Crippen LogP contribution in [0.3, 0.4) is 0 Å². The van der Waals surface area contributed by atoms with Crippen molar-refractivity contribution < 1.29 is 17.2 Å². The SMILES string of the molecule is O=S(=O)(NCC(c1ccc(F)cc1)N1CCCC1)c1ccc(F)cc1. The fourth-order valence-electron chi connectivity index (χ4n) is 3.08. The summed E-state index contributed by atoms with van der Waals surface area (Å²) in [6.07, 6.45) is 2.12. The van der Waals surface area contributed by atoms with Gasteiger partial charge >= 0.3 is 0 Å². The van der Waals surface area contributed by atoms with Gasteiger partial charge in [0.1, 0.15) is 11.6 Å². The van der Waals surface area contributed by atoms with E-state index in [0.29, 0.717) is 0 Å². The van der Waals surface area contributed by atoms with E-state index < -0.39 is 15.8 Å². The fraction of sp³-hybridized carbons (Fsp3) is 0.333. The molecule has 2 aromatic rings. The van der Waals surface area contributed by atoms with Crippen molar-refractivity contribution in [1.29, 1.82) is 0 Å². The molecule has 1 aliphatic rings. The molecule has 7 heteroatoms. The van der Waals surface area contributed by atoms with Gasteiger partial charge < -0.3 is 0 Å². The summed E-state index contributed by atoms with van der Waals surface area (Å²) in [4.78, 5) is 2.22. The molecular formula is C18H20F2N2O2S. The molecule has 1 unspecified atom stereocenters. The molecule has 4 nitrogen and oxygen atoms in total. The van der Waals surface area contributed by atoms with Gasteiger partial charge in [-0.1, -0.05) is 12.1 Å². The summed E-state index contributed by atoms with van der Waals surface area (Å²) in [5, 5.41) is 0. The molecular weight excluding hydrogens is 346 g/mol. The summed E-state index contributed by atoms with van der Waals surface area (Å²) in [5.41, 5.74) is 0.866. The summed E-state index contributed by atoms with van der Waals surface area (Å²) in [6, 6.07) is 10.7. The van der Waals surface area contributed by atoms with E-state index in [4.69, 9.17) is 0 Å². The number of sulfonamides is 1.